The van der Waals surface area contributed by atoms with Crippen LogP contribution in [-0.2, 0) is 30.3 Å². The van der Waals surface area contributed by atoms with E-state index in [0.717, 1.165) is 56.8 Å². The fraction of sp³-hybridized carbons (Fsp3) is 0.439. The SMILES string of the molecule is CCC(CC)C(=O)/C=C(\O)C(CC)CC.Cc1c(F)c(-c2ncnc3c2sc2cc(C(C)(C)C)ccc23)[c-]c2ccc([Si](C)(C)C)cc12.[Ir]. The van der Waals surface area contributed by atoms with Crippen molar-refractivity contribution in [3.8, 4) is 11.3 Å². The molecule has 0 aliphatic carbocycles. The van der Waals surface area contributed by atoms with Crippen LogP contribution in [-0.4, -0.2) is 28.9 Å². The number of carbonyl (C=O) groups is 1. The molecule has 0 bridgehead atoms. The maximum absolute atomic E-state index is 15.8. The molecule has 0 aliphatic heterocycles. The summed E-state index contributed by atoms with van der Waals surface area (Å²) in [6.45, 7) is 23.5. The molecule has 2 heterocycles. The number of fused-ring (bicyclic) bond motifs is 4. The predicted octanol–water partition coefficient (Wildman–Crippen LogP) is 11.6. The second-order valence-electron chi connectivity index (χ2n) is 14.9. The van der Waals surface area contributed by atoms with Crippen LogP contribution in [0.15, 0.2) is 54.6 Å². The number of hydrogen-bond donors (Lipinski definition) is 1. The average Bonchev–Trinajstić information content (AvgIpc) is 3.41. The van der Waals surface area contributed by atoms with Crippen molar-refractivity contribution in [2.45, 2.75) is 106 Å². The van der Waals surface area contributed by atoms with Gasteiger partial charge in [-0.15, -0.1) is 28.9 Å². The normalized spacial score (nSPS) is 12.5. The average molecular weight is 876 g/mol. The molecular formula is C41H52FIrN2O2SSi-. The van der Waals surface area contributed by atoms with Gasteiger partial charge in [0.05, 0.1) is 25.2 Å². The maximum atomic E-state index is 15.8. The summed E-state index contributed by atoms with van der Waals surface area (Å²) in [5, 5.41) is 14.0. The molecule has 0 amide bonds. The van der Waals surface area contributed by atoms with Gasteiger partial charge in [0.25, 0.3) is 0 Å². The molecule has 1 N–H and O–H groups in total. The first-order valence-electron chi connectivity index (χ1n) is 17.3. The number of aromatic nitrogens is 2. The minimum absolute atomic E-state index is 0. The molecule has 0 saturated heterocycles. The van der Waals surface area contributed by atoms with Crippen LogP contribution < -0.4 is 5.19 Å². The minimum Gasteiger partial charge on any atom is -0.512 e. The van der Waals surface area contributed by atoms with Gasteiger partial charge in [-0.3, -0.25) is 14.2 Å². The Morgan fingerprint density at radius 2 is 1.59 bits per heavy atom. The number of benzene rings is 3. The summed E-state index contributed by atoms with van der Waals surface area (Å²) in [5.41, 5.74) is 3.91. The first-order valence-corrected chi connectivity index (χ1v) is 21.6. The van der Waals surface area contributed by atoms with Crippen molar-refractivity contribution in [3.63, 3.8) is 0 Å². The van der Waals surface area contributed by atoms with E-state index in [1.807, 2.05) is 34.6 Å². The van der Waals surface area contributed by atoms with Gasteiger partial charge in [0.1, 0.15) is 6.33 Å². The monoisotopic (exact) mass is 876 g/mol. The molecule has 2 aromatic heterocycles. The molecule has 1 radical (unpaired) electrons. The molecule has 5 rings (SSSR count). The Morgan fingerprint density at radius 3 is 2.16 bits per heavy atom. The third kappa shape index (κ3) is 8.94. The fourth-order valence-corrected chi connectivity index (χ4v) is 8.44. The van der Waals surface area contributed by atoms with Crippen LogP contribution in [0.4, 0.5) is 4.39 Å². The molecule has 8 heteroatoms. The number of aryl methyl sites for hydroxylation is 1. The molecule has 0 spiro atoms. The number of carbonyl (C=O) groups excluding carboxylic acids is 1. The Morgan fingerprint density at radius 1 is 0.959 bits per heavy atom. The van der Waals surface area contributed by atoms with Gasteiger partial charge in [-0.1, -0.05) is 121 Å². The number of allylic oxidation sites excluding steroid dienone is 2. The molecule has 265 valence electrons. The van der Waals surface area contributed by atoms with Gasteiger partial charge in [0.15, 0.2) is 5.78 Å². The van der Waals surface area contributed by atoms with E-state index in [1.165, 1.54) is 16.8 Å². The van der Waals surface area contributed by atoms with Crippen molar-refractivity contribution in [3.05, 3.63) is 77.6 Å². The summed E-state index contributed by atoms with van der Waals surface area (Å²) in [6, 6.07) is 16.3. The summed E-state index contributed by atoms with van der Waals surface area (Å²) in [7, 11) is -1.50. The molecule has 0 fully saturated rings. The second-order valence-corrected chi connectivity index (χ2v) is 21.0. The first kappa shape index (κ1) is 40.7. The summed E-state index contributed by atoms with van der Waals surface area (Å²) in [6.07, 6.45) is 6.45. The number of halogens is 1. The van der Waals surface area contributed by atoms with Gasteiger partial charge in [-0.2, -0.15) is 0 Å². The number of aliphatic hydroxyl groups is 1. The molecule has 5 aromatic rings. The third-order valence-corrected chi connectivity index (χ3v) is 12.7. The second kappa shape index (κ2) is 16.5. The summed E-state index contributed by atoms with van der Waals surface area (Å²) in [5.74, 6) is 0.300. The zero-order chi connectivity index (χ0) is 35.6. The van der Waals surface area contributed by atoms with E-state index in [4.69, 9.17) is 0 Å². The molecule has 0 aliphatic rings. The topological polar surface area (TPSA) is 63.1 Å². The van der Waals surface area contributed by atoms with E-state index in [-0.39, 0.29) is 54.7 Å². The van der Waals surface area contributed by atoms with Crippen molar-refractivity contribution in [1.82, 2.24) is 9.97 Å². The van der Waals surface area contributed by atoms with Crippen molar-refractivity contribution in [2.75, 3.05) is 0 Å². The van der Waals surface area contributed by atoms with Crippen molar-refractivity contribution in [1.29, 1.82) is 0 Å². The Balaban J connectivity index is 0.000000347. The van der Waals surface area contributed by atoms with Crippen LogP contribution >= 0.6 is 11.3 Å². The number of hydrogen-bond acceptors (Lipinski definition) is 5. The van der Waals surface area contributed by atoms with Crippen LogP contribution in [0.2, 0.25) is 19.6 Å². The molecule has 4 nitrogen and oxygen atoms in total. The maximum Gasteiger partial charge on any atom is 0.162 e. The van der Waals surface area contributed by atoms with Crippen LogP contribution in [0.3, 0.4) is 0 Å². The molecule has 0 unspecified atom stereocenters. The smallest absolute Gasteiger partial charge is 0.162 e. The van der Waals surface area contributed by atoms with Gasteiger partial charge >= 0.3 is 0 Å². The standard InChI is InChI=1S/C28H28FN2SSi.C13H24O2.Ir/c1-16-21-14-19(33(5,6)7)10-8-17(21)12-22(24(16)29)26-27-25(30-15-31-26)20-11-9-18(28(2,3)4)13-23(20)32-27;1-5-10(6-2)12(14)9-13(15)11(7-3)8-4;/h8-11,13-15H,1-7H3;9-11,14H,5-8H2,1-4H3;/q-1;;/b;12-9-;. The van der Waals surface area contributed by atoms with E-state index in [9.17, 15) is 9.90 Å². The van der Waals surface area contributed by atoms with E-state index >= 15 is 4.39 Å². The number of aliphatic hydroxyl groups excluding tert-OH is 1. The van der Waals surface area contributed by atoms with Crippen molar-refractivity contribution >= 4 is 61.5 Å². The van der Waals surface area contributed by atoms with Gasteiger partial charge in [-0.25, -0.2) is 4.98 Å². The molecule has 49 heavy (non-hydrogen) atoms. The van der Waals surface area contributed by atoms with Crippen LogP contribution in [0.1, 0.15) is 85.3 Å². The first-order chi connectivity index (χ1) is 22.5. The molecular weight excluding hydrogens is 824 g/mol. The Hall–Kier alpha value is -2.77. The van der Waals surface area contributed by atoms with E-state index in [2.05, 4.69) is 92.8 Å². The minimum atomic E-state index is -1.50. The van der Waals surface area contributed by atoms with Crippen molar-refractivity contribution < 1.29 is 34.4 Å². The van der Waals surface area contributed by atoms with Gasteiger partial charge < -0.3 is 5.11 Å². The molecule has 3 aromatic carbocycles. The van der Waals surface area contributed by atoms with Gasteiger partial charge in [-0.05, 0) is 42.7 Å². The Bertz CT molecular complexity index is 1960. The summed E-state index contributed by atoms with van der Waals surface area (Å²) in [4.78, 5) is 20.8. The number of ketones is 1. The third-order valence-electron chi connectivity index (χ3n) is 9.54. The zero-order valence-corrected chi connectivity index (χ0v) is 35.2. The van der Waals surface area contributed by atoms with Crippen LogP contribution in [0, 0.1) is 30.6 Å². The van der Waals surface area contributed by atoms with Crippen LogP contribution in [0.25, 0.3) is 42.3 Å². The Labute approximate surface area is 311 Å². The largest absolute Gasteiger partial charge is 0.512 e. The van der Waals surface area contributed by atoms with E-state index in [1.54, 1.807) is 17.7 Å². The van der Waals surface area contributed by atoms with E-state index < -0.39 is 8.07 Å². The molecule has 0 saturated carbocycles. The van der Waals surface area contributed by atoms with Gasteiger partial charge in [0.2, 0.25) is 0 Å². The predicted molar refractivity (Wildman–Crippen MR) is 207 cm³/mol. The fourth-order valence-electron chi connectivity index (χ4n) is 6.09. The molecule has 0 atom stereocenters. The zero-order valence-electron chi connectivity index (χ0n) is 31.0. The van der Waals surface area contributed by atoms with Gasteiger partial charge in [0, 0.05) is 58.5 Å². The van der Waals surface area contributed by atoms with Crippen molar-refractivity contribution in [2.24, 2.45) is 11.8 Å². The van der Waals surface area contributed by atoms with Crippen LogP contribution in [0.5, 0.6) is 0 Å². The summed E-state index contributed by atoms with van der Waals surface area (Å²) < 4.78 is 17.8. The quantitative estimate of drug-likeness (QED) is 0.0693. The Kier molecular flexibility index (Phi) is 13.7. The van der Waals surface area contributed by atoms with E-state index in [0.29, 0.717) is 16.8 Å². The number of thiophene rings is 1. The number of rotatable bonds is 9. The number of nitrogens with zero attached hydrogens (tertiary/aromatic N) is 2. The summed E-state index contributed by atoms with van der Waals surface area (Å²) >= 11 is 1.63.